The van der Waals surface area contributed by atoms with Gasteiger partial charge in [0, 0.05) is 0 Å². The van der Waals surface area contributed by atoms with E-state index in [-0.39, 0.29) is 51.4 Å². The molecule has 16 heavy (non-hydrogen) atoms. The van der Waals surface area contributed by atoms with Crippen molar-refractivity contribution in [3.05, 3.63) is 0 Å². The number of alkyl halides is 6. The van der Waals surface area contributed by atoms with Gasteiger partial charge in [-0.05, 0) is 0 Å². The van der Waals surface area contributed by atoms with E-state index in [9.17, 15) is 43.2 Å². The van der Waals surface area contributed by atoms with Gasteiger partial charge in [0.25, 0.3) is 0 Å². The first-order chi connectivity index (χ1) is 6.21. The van der Waals surface area contributed by atoms with Crippen LogP contribution in [0.5, 0.6) is 0 Å². The van der Waals surface area contributed by atoms with Gasteiger partial charge in [-0.2, -0.15) is 26.3 Å². The van der Waals surface area contributed by atoms with Crippen LogP contribution in [-0.4, -0.2) is 79.2 Å². The topological polar surface area (TPSA) is 80.3 Å². The molecule has 0 aliphatic rings. The summed E-state index contributed by atoms with van der Waals surface area (Å²) in [6.45, 7) is 0. The number of hydrogen-bond donors (Lipinski definition) is 1. The van der Waals surface area contributed by atoms with Crippen LogP contribution in [0.25, 0.3) is 0 Å². The van der Waals surface area contributed by atoms with Crippen LogP contribution in [0.2, 0.25) is 0 Å². The van der Waals surface area contributed by atoms with E-state index in [1.165, 1.54) is 0 Å². The van der Waals surface area contributed by atoms with Crippen molar-refractivity contribution >= 4 is 71.4 Å². The van der Waals surface area contributed by atoms with Crippen LogP contribution in [0.4, 0.5) is 26.3 Å². The number of nitrogens with one attached hydrogen (secondary N) is 1. The Labute approximate surface area is 128 Å². The molecular weight excluding hydrogens is 319 g/mol. The van der Waals surface area contributed by atoms with E-state index in [1.807, 2.05) is 0 Å². The van der Waals surface area contributed by atoms with Gasteiger partial charge in [-0.25, -0.2) is 16.8 Å². The average Bonchev–Trinajstić information content (AvgIpc) is 1.77. The molecule has 0 fully saturated rings. The maximum absolute atomic E-state index is 11.5. The van der Waals surface area contributed by atoms with Crippen molar-refractivity contribution < 1.29 is 43.2 Å². The van der Waals surface area contributed by atoms with Crippen LogP contribution >= 0.6 is 0 Å². The molecule has 0 aliphatic heterocycles. The zero-order valence-corrected chi connectivity index (χ0v) is 7.85. The van der Waals surface area contributed by atoms with Crippen molar-refractivity contribution in [2.75, 3.05) is 0 Å². The summed E-state index contributed by atoms with van der Waals surface area (Å²) in [6, 6.07) is 0. The Hall–Kier alpha value is 1.08. The van der Waals surface area contributed by atoms with Gasteiger partial charge in [-0.3, -0.25) is 0 Å². The molecule has 0 radical (unpaired) electrons. The number of rotatable bonds is 2. The molecule has 0 spiro atoms. The summed E-state index contributed by atoms with van der Waals surface area (Å²) in [5.74, 6) is 0. The van der Waals surface area contributed by atoms with Crippen LogP contribution < -0.4 is 4.13 Å². The molecule has 1 N–H and O–H groups in total. The third-order valence-electron chi connectivity index (χ3n) is 0.829. The Balaban J connectivity index is 0. The molecule has 5 nitrogen and oxygen atoms in total. The van der Waals surface area contributed by atoms with Crippen molar-refractivity contribution in [2.24, 2.45) is 0 Å². The van der Waals surface area contributed by atoms with E-state index in [4.69, 9.17) is 0 Å². The Morgan fingerprint density at radius 3 is 1.00 bits per heavy atom. The van der Waals surface area contributed by atoms with Gasteiger partial charge in [0.1, 0.15) is 0 Å². The molecular formula is C2H2F6KNO4S2. The molecule has 0 aromatic heterocycles. The van der Waals surface area contributed by atoms with Crippen LogP contribution in [0.3, 0.4) is 0 Å². The molecule has 14 heteroatoms. The second-order valence-electron chi connectivity index (χ2n) is 1.98. The Kier molecular flexibility index (Phi) is 6.52. The molecule has 0 rings (SSSR count). The minimum absolute atomic E-state index is 0. The van der Waals surface area contributed by atoms with E-state index in [2.05, 4.69) is 0 Å². The third-order valence-corrected chi connectivity index (χ3v) is 3.80. The third kappa shape index (κ3) is 4.75. The molecule has 0 atom stereocenters. The number of sulfonamides is 2. The van der Waals surface area contributed by atoms with Crippen molar-refractivity contribution in [2.45, 2.75) is 11.0 Å². The second kappa shape index (κ2) is 5.37. The molecule has 0 saturated carbocycles. The summed E-state index contributed by atoms with van der Waals surface area (Å²) < 4.78 is 108. The molecule has 94 valence electrons. The SMILES string of the molecule is O=S(=O)(NS(=O)(=O)C(F)(F)F)C(F)(F)F.[KH]. The van der Waals surface area contributed by atoms with Crippen molar-refractivity contribution in [3.63, 3.8) is 0 Å². The van der Waals surface area contributed by atoms with E-state index in [0.717, 1.165) is 0 Å². The van der Waals surface area contributed by atoms with Gasteiger partial charge >= 0.3 is 82.4 Å². The van der Waals surface area contributed by atoms with Crippen LogP contribution in [0, 0.1) is 0 Å². The second-order valence-corrected chi connectivity index (χ2v) is 5.59. The van der Waals surface area contributed by atoms with Gasteiger partial charge in [0.15, 0.2) is 0 Å². The zero-order valence-electron chi connectivity index (χ0n) is 6.22. The predicted molar refractivity (Wildman–Crippen MR) is 40.2 cm³/mol. The molecule has 0 heterocycles. The maximum atomic E-state index is 11.5. The van der Waals surface area contributed by atoms with Crippen LogP contribution in [0.15, 0.2) is 0 Å². The molecule has 0 aliphatic carbocycles. The van der Waals surface area contributed by atoms with Crippen LogP contribution in [0.1, 0.15) is 0 Å². The van der Waals surface area contributed by atoms with Gasteiger partial charge < -0.3 is 0 Å². The summed E-state index contributed by atoms with van der Waals surface area (Å²) >= 11 is 0. The first kappa shape index (κ1) is 19.4. The molecule has 0 aromatic carbocycles. The minimum atomic E-state index is -6.60. The van der Waals surface area contributed by atoms with Crippen molar-refractivity contribution in [1.82, 2.24) is 4.13 Å². The summed E-state index contributed by atoms with van der Waals surface area (Å²) in [5, 5.41) is 0. The first-order valence-electron chi connectivity index (χ1n) is 2.62. The summed E-state index contributed by atoms with van der Waals surface area (Å²) in [4.78, 5) is 0. The Morgan fingerprint density at radius 2 is 0.875 bits per heavy atom. The first-order valence-corrected chi connectivity index (χ1v) is 5.58. The molecule has 0 unspecified atom stereocenters. The van der Waals surface area contributed by atoms with E-state index in [1.54, 1.807) is 0 Å². The molecule has 0 saturated heterocycles. The fraction of sp³-hybridized carbons (Fsp3) is 1.00. The van der Waals surface area contributed by atoms with E-state index in [0.29, 0.717) is 0 Å². The summed E-state index contributed by atoms with van der Waals surface area (Å²) in [6.07, 6.45) is 0. The van der Waals surface area contributed by atoms with E-state index >= 15 is 0 Å². The predicted octanol–water partition coefficient (Wildman–Crippen LogP) is -0.373. The van der Waals surface area contributed by atoms with Crippen LogP contribution in [-0.2, 0) is 20.0 Å². The summed E-state index contributed by atoms with van der Waals surface area (Å²) in [7, 11) is -13.2. The normalized spacial score (nSPS) is 14.4. The van der Waals surface area contributed by atoms with Crippen molar-refractivity contribution in [3.8, 4) is 0 Å². The number of halogens is 6. The Morgan fingerprint density at radius 1 is 0.688 bits per heavy atom. The Bertz CT molecular complexity index is 390. The summed E-state index contributed by atoms with van der Waals surface area (Å²) in [5.41, 5.74) is -12.3. The zero-order chi connectivity index (χ0) is 12.7. The van der Waals surface area contributed by atoms with Gasteiger partial charge in [0.05, 0.1) is 0 Å². The fourth-order valence-corrected chi connectivity index (χ4v) is 2.15. The quantitative estimate of drug-likeness (QED) is 0.556. The van der Waals surface area contributed by atoms with Gasteiger partial charge in [-0.1, -0.05) is 4.13 Å². The number of hydrogen-bond acceptors (Lipinski definition) is 4. The molecule has 0 amide bonds. The molecule has 0 aromatic rings. The average molecular weight is 321 g/mol. The monoisotopic (exact) mass is 321 g/mol. The van der Waals surface area contributed by atoms with Gasteiger partial charge in [0.2, 0.25) is 0 Å². The van der Waals surface area contributed by atoms with Crippen molar-refractivity contribution in [1.29, 1.82) is 0 Å². The fourth-order valence-electron chi connectivity index (χ4n) is 0.239. The van der Waals surface area contributed by atoms with E-state index < -0.39 is 35.2 Å². The van der Waals surface area contributed by atoms with Gasteiger partial charge in [-0.15, -0.1) is 0 Å². The molecule has 0 bridgehead atoms. The standard InChI is InChI=1S/C2HF6NO4S2.K.H/c3-1(4,5)14(10,11)9-15(12,13)2(6,7)8;;/h9H;;.